The lowest BCUT2D eigenvalue weighted by molar-refractivity contribution is 0.0500. The molecule has 0 aliphatic carbocycles. The molecule has 1 N–H and O–H groups in total. The monoisotopic (exact) mass is 326 g/mol. The van der Waals surface area contributed by atoms with Crippen LogP contribution in [-0.2, 0) is 11.2 Å². The number of alkyl carbamates (subject to hydrolysis) is 1. The predicted molar refractivity (Wildman–Crippen MR) is 95.7 cm³/mol. The van der Waals surface area contributed by atoms with Gasteiger partial charge in [0.2, 0.25) is 0 Å². The maximum Gasteiger partial charge on any atom is 0.408 e. The molecule has 0 aliphatic heterocycles. The molecule has 2 rings (SSSR count). The van der Waals surface area contributed by atoms with Crippen molar-refractivity contribution in [1.29, 1.82) is 0 Å². The van der Waals surface area contributed by atoms with Crippen molar-refractivity contribution in [2.45, 2.75) is 51.7 Å². The first-order valence-electron chi connectivity index (χ1n) is 8.37. The van der Waals surface area contributed by atoms with Crippen molar-refractivity contribution in [1.82, 2.24) is 10.3 Å². The molecule has 0 fully saturated rings. The Morgan fingerprint density at radius 3 is 2.42 bits per heavy atom. The third kappa shape index (κ3) is 6.41. The average Bonchev–Trinajstić information content (AvgIpc) is 2.54. The zero-order chi connectivity index (χ0) is 17.4. The molecular weight excluding hydrogens is 300 g/mol. The normalized spacial score (nSPS) is 12.5. The van der Waals surface area contributed by atoms with Gasteiger partial charge in [0, 0.05) is 12.4 Å². The van der Waals surface area contributed by atoms with Gasteiger partial charge < -0.3 is 10.1 Å². The molecule has 0 spiro atoms. The van der Waals surface area contributed by atoms with Crippen LogP contribution in [0.15, 0.2) is 54.9 Å². The number of nitrogens with zero attached hydrogens (tertiary/aromatic N) is 1. The first-order valence-corrected chi connectivity index (χ1v) is 8.37. The summed E-state index contributed by atoms with van der Waals surface area (Å²) >= 11 is 0. The minimum absolute atomic E-state index is 0.0529. The summed E-state index contributed by atoms with van der Waals surface area (Å²) in [4.78, 5) is 16.2. The molecule has 1 heterocycles. The van der Waals surface area contributed by atoms with Crippen molar-refractivity contribution >= 4 is 6.09 Å². The quantitative estimate of drug-likeness (QED) is 0.839. The Kier molecular flexibility index (Phi) is 6.36. The summed E-state index contributed by atoms with van der Waals surface area (Å²) in [5.41, 5.74) is 1.86. The second-order valence-corrected chi connectivity index (χ2v) is 6.86. The number of carbonyl (C=O) groups excluding carboxylic acids is 1. The second kappa shape index (κ2) is 8.48. The highest BCUT2D eigenvalue weighted by Gasteiger charge is 2.20. The number of benzene rings is 1. The smallest absolute Gasteiger partial charge is 0.408 e. The van der Waals surface area contributed by atoms with E-state index < -0.39 is 5.60 Å². The third-order valence-electron chi connectivity index (χ3n) is 3.60. The maximum absolute atomic E-state index is 12.1. The predicted octanol–water partition coefficient (Wildman–Crippen LogP) is 4.67. The van der Waals surface area contributed by atoms with Crippen molar-refractivity contribution in [3.63, 3.8) is 0 Å². The minimum Gasteiger partial charge on any atom is -0.444 e. The van der Waals surface area contributed by atoms with E-state index in [4.69, 9.17) is 4.74 Å². The van der Waals surface area contributed by atoms with Crippen LogP contribution >= 0.6 is 0 Å². The fraction of sp³-hybridized carbons (Fsp3) is 0.400. The number of ether oxygens (including phenoxy) is 1. The van der Waals surface area contributed by atoms with Gasteiger partial charge in [0.1, 0.15) is 5.60 Å². The summed E-state index contributed by atoms with van der Waals surface area (Å²) < 4.78 is 5.40. The van der Waals surface area contributed by atoms with Crippen LogP contribution < -0.4 is 5.32 Å². The molecule has 0 saturated heterocycles. The van der Waals surface area contributed by atoms with Crippen LogP contribution in [-0.4, -0.2) is 16.7 Å². The van der Waals surface area contributed by atoms with Crippen LogP contribution in [0, 0.1) is 0 Å². The van der Waals surface area contributed by atoms with Crippen molar-refractivity contribution in [3.05, 3.63) is 66.0 Å². The van der Waals surface area contributed by atoms with Gasteiger partial charge in [0.15, 0.2) is 0 Å². The first kappa shape index (κ1) is 18.0. The van der Waals surface area contributed by atoms with Gasteiger partial charge >= 0.3 is 6.09 Å². The summed E-state index contributed by atoms with van der Waals surface area (Å²) in [6.07, 6.45) is 6.03. The Morgan fingerprint density at radius 1 is 1.12 bits per heavy atom. The Hall–Kier alpha value is -2.36. The van der Waals surface area contributed by atoms with Crippen molar-refractivity contribution < 1.29 is 9.53 Å². The highest BCUT2D eigenvalue weighted by atomic mass is 16.6. The van der Waals surface area contributed by atoms with Gasteiger partial charge in [-0.25, -0.2) is 4.79 Å². The number of hydrogen-bond acceptors (Lipinski definition) is 3. The van der Waals surface area contributed by atoms with E-state index in [1.165, 1.54) is 5.56 Å². The van der Waals surface area contributed by atoms with Crippen LogP contribution in [0.5, 0.6) is 0 Å². The molecule has 0 radical (unpaired) electrons. The maximum atomic E-state index is 12.1. The van der Waals surface area contributed by atoms with Gasteiger partial charge in [-0.2, -0.15) is 0 Å². The number of aromatic nitrogens is 1. The van der Waals surface area contributed by atoms with E-state index >= 15 is 0 Å². The van der Waals surface area contributed by atoms with Gasteiger partial charge in [0.05, 0.1) is 6.04 Å². The average molecular weight is 326 g/mol. The summed E-state index contributed by atoms with van der Waals surface area (Å²) in [5.74, 6) is 0. The number of amides is 1. The molecular formula is C20H26N2O2. The second-order valence-electron chi connectivity index (χ2n) is 6.86. The Balaban J connectivity index is 1.97. The molecule has 2 aromatic rings. The standard InChI is InChI=1S/C20H26N2O2/c1-20(2,3)24-19(23)22-18(17-9-5-4-6-10-17)11-7-8-16-12-14-21-15-13-16/h4-6,9-10,12-15,18H,7-8,11H2,1-3H3,(H,22,23). The molecule has 24 heavy (non-hydrogen) atoms. The summed E-state index contributed by atoms with van der Waals surface area (Å²) in [6, 6.07) is 14.0. The highest BCUT2D eigenvalue weighted by molar-refractivity contribution is 5.68. The van der Waals surface area contributed by atoms with E-state index in [2.05, 4.69) is 10.3 Å². The van der Waals surface area contributed by atoms with Gasteiger partial charge in [-0.3, -0.25) is 4.98 Å². The van der Waals surface area contributed by atoms with Crippen LogP contribution in [0.2, 0.25) is 0 Å². The van der Waals surface area contributed by atoms with Gasteiger partial charge in [-0.15, -0.1) is 0 Å². The minimum atomic E-state index is -0.498. The largest absolute Gasteiger partial charge is 0.444 e. The van der Waals surface area contributed by atoms with Crippen molar-refractivity contribution in [2.75, 3.05) is 0 Å². The molecule has 4 nitrogen and oxygen atoms in total. The molecule has 1 aromatic heterocycles. The number of nitrogens with one attached hydrogen (secondary N) is 1. The molecule has 0 bridgehead atoms. The zero-order valence-electron chi connectivity index (χ0n) is 14.7. The molecule has 1 atom stereocenters. The van der Waals surface area contributed by atoms with E-state index in [1.54, 1.807) is 0 Å². The van der Waals surface area contributed by atoms with E-state index in [0.717, 1.165) is 24.8 Å². The van der Waals surface area contributed by atoms with Crippen molar-refractivity contribution in [3.8, 4) is 0 Å². The molecule has 4 heteroatoms. The van der Waals surface area contributed by atoms with Crippen LogP contribution in [0.25, 0.3) is 0 Å². The molecule has 0 aliphatic rings. The third-order valence-corrected chi connectivity index (χ3v) is 3.60. The van der Waals surface area contributed by atoms with Crippen LogP contribution in [0.4, 0.5) is 4.79 Å². The summed E-state index contributed by atoms with van der Waals surface area (Å²) in [5, 5.41) is 3.00. The van der Waals surface area contributed by atoms with E-state index in [1.807, 2.05) is 75.6 Å². The van der Waals surface area contributed by atoms with E-state index in [-0.39, 0.29) is 12.1 Å². The van der Waals surface area contributed by atoms with E-state index in [9.17, 15) is 4.79 Å². The molecule has 0 saturated carbocycles. The highest BCUT2D eigenvalue weighted by Crippen LogP contribution is 2.20. The van der Waals surface area contributed by atoms with Crippen LogP contribution in [0.1, 0.15) is 50.8 Å². The number of aryl methyl sites for hydroxylation is 1. The molecule has 128 valence electrons. The Bertz CT molecular complexity index is 621. The van der Waals surface area contributed by atoms with Gasteiger partial charge in [0.25, 0.3) is 0 Å². The lowest BCUT2D eigenvalue weighted by Crippen LogP contribution is -2.35. The molecule has 1 aromatic carbocycles. The SMILES string of the molecule is CC(C)(C)OC(=O)NC(CCCc1ccncc1)c1ccccc1. The number of hydrogen-bond donors (Lipinski definition) is 1. The fourth-order valence-corrected chi connectivity index (χ4v) is 2.52. The van der Waals surface area contributed by atoms with Gasteiger partial charge in [-0.05, 0) is 63.3 Å². The fourth-order valence-electron chi connectivity index (χ4n) is 2.52. The summed E-state index contributed by atoms with van der Waals surface area (Å²) in [6.45, 7) is 5.61. The lowest BCUT2D eigenvalue weighted by Gasteiger charge is -2.24. The number of pyridine rings is 1. The van der Waals surface area contributed by atoms with E-state index in [0.29, 0.717) is 0 Å². The zero-order valence-corrected chi connectivity index (χ0v) is 14.7. The summed E-state index contributed by atoms with van der Waals surface area (Å²) in [7, 11) is 0. The van der Waals surface area contributed by atoms with Gasteiger partial charge in [-0.1, -0.05) is 30.3 Å². The first-order chi connectivity index (χ1) is 11.4. The molecule has 1 unspecified atom stereocenters. The number of rotatable bonds is 6. The lowest BCUT2D eigenvalue weighted by atomic mass is 9.99. The Labute approximate surface area is 144 Å². The Morgan fingerprint density at radius 2 is 1.79 bits per heavy atom. The topological polar surface area (TPSA) is 51.2 Å². The number of carbonyl (C=O) groups is 1. The van der Waals surface area contributed by atoms with Crippen LogP contribution in [0.3, 0.4) is 0 Å². The van der Waals surface area contributed by atoms with Crippen molar-refractivity contribution in [2.24, 2.45) is 0 Å². The molecule has 1 amide bonds.